The molecule has 0 aromatic heterocycles. The van der Waals surface area contributed by atoms with E-state index in [0.29, 0.717) is 30.1 Å². The Morgan fingerprint density at radius 2 is 2.05 bits per heavy atom. The van der Waals surface area contributed by atoms with E-state index < -0.39 is 0 Å². The van der Waals surface area contributed by atoms with Crippen molar-refractivity contribution in [3.63, 3.8) is 0 Å². The van der Waals surface area contributed by atoms with Crippen molar-refractivity contribution in [3.05, 3.63) is 29.8 Å². The zero-order chi connectivity index (χ0) is 15.9. The van der Waals surface area contributed by atoms with E-state index in [9.17, 15) is 9.59 Å². The van der Waals surface area contributed by atoms with Crippen molar-refractivity contribution in [1.29, 1.82) is 0 Å². The van der Waals surface area contributed by atoms with Crippen molar-refractivity contribution in [2.45, 2.75) is 26.2 Å². The van der Waals surface area contributed by atoms with Gasteiger partial charge in [0.15, 0.2) is 0 Å². The third-order valence-corrected chi connectivity index (χ3v) is 3.55. The highest BCUT2D eigenvalue weighted by atomic mass is 16.5. The van der Waals surface area contributed by atoms with Gasteiger partial charge in [-0.1, -0.05) is 0 Å². The molecule has 1 aliphatic rings. The summed E-state index contributed by atoms with van der Waals surface area (Å²) in [4.78, 5) is 23.8. The normalized spacial score (nSPS) is 19.0. The number of carbonyl (C=O) groups excluding carboxylic acids is 2. The van der Waals surface area contributed by atoms with Gasteiger partial charge in [-0.25, -0.2) is 5.43 Å². The molecule has 6 heteroatoms. The van der Waals surface area contributed by atoms with Crippen LogP contribution in [0.5, 0.6) is 5.75 Å². The molecule has 0 radical (unpaired) electrons. The predicted octanol–water partition coefficient (Wildman–Crippen LogP) is 2.14. The van der Waals surface area contributed by atoms with Crippen molar-refractivity contribution in [1.82, 2.24) is 5.43 Å². The Bertz CT molecular complexity index is 566. The van der Waals surface area contributed by atoms with Crippen LogP contribution in [0.1, 0.15) is 36.5 Å². The minimum Gasteiger partial charge on any atom is -0.497 e. The monoisotopic (exact) mass is 304 g/mol. The molecule has 2 rings (SSSR count). The molecule has 1 aromatic rings. The van der Waals surface area contributed by atoms with Crippen molar-refractivity contribution in [2.24, 2.45) is 11.0 Å². The van der Waals surface area contributed by atoms with Gasteiger partial charge in [-0.05, 0) is 50.5 Å². The molecule has 6 nitrogen and oxygen atoms in total. The van der Waals surface area contributed by atoms with E-state index in [1.165, 1.54) is 0 Å². The molecule has 1 aliphatic carbocycles. The molecule has 1 unspecified atom stereocenters. The number of amides is 1. The Morgan fingerprint density at radius 1 is 1.32 bits per heavy atom. The Labute approximate surface area is 129 Å². The van der Waals surface area contributed by atoms with Gasteiger partial charge in [0, 0.05) is 5.56 Å². The summed E-state index contributed by atoms with van der Waals surface area (Å²) in [5.74, 6) is -0.237. The molecule has 0 spiro atoms. The predicted molar refractivity (Wildman–Crippen MR) is 81.9 cm³/mol. The van der Waals surface area contributed by atoms with Crippen LogP contribution in [0.25, 0.3) is 0 Å². The molecule has 1 N–H and O–H groups in total. The molecule has 0 saturated heterocycles. The summed E-state index contributed by atoms with van der Waals surface area (Å²) in [7, 11) is 1.57. The summed E-state index contributed by atoms with van der Waals surface area (Å²) in [6.45, 7) is 2.12. The van der Waals surface area contributed by atoms with Gasteiger partial charge in [0.1, 0.15) is 5.75 Å². The fraction of sp³-hybridized carbons (Fsp3) is 0.438. The Kier molecular flexibility index (Phi) is 5.52. The maximum Gasteiger partial charge on any atom is 0.314 e. The van der Waals surface area contributed by atoms with Crippen LogP contribution < -0.4 is 10.2 Å². The van der Waals surface area contributed by atoms with E-state index in [1.54, 1.807) is 38.3 Å². The van der Waals surface area contributed by atoms with Crippen molar-refractivity contribution >= 4 is 17.6 Å². The average Bonchev–Trinajstić information content (AvgIpc) is 3.01. The lowest BCUT2D eigenvalue weighted by molar-refractivity contribution is -0.145. The zero-order valence-corrected chi connectivity index (χ0v) is 12.8. The van der Waals surface area contributed by atoms with Crippen LogP contribution in [0.15, 0.2) is 29.4 Å². The Balaban J connectivity index is 2.00. The Morgan fingerprint density at radius 3 is 2.68 bits per heavy atom. The number of carbonyl (C=O) groups is 2. The fourth-order valence-corrected chi connectivity index (χ4v) is 2.39. The van der Waals surface area contributed by atoms with Crippen LogP contribution in [-0.2, 0) is 9.53 Å². The summed E-state index contributed by atoms with van der Waals surface area (Å²) in [5.41, 5.74) is 3.67. The highest BCUT2D eigenvalue weighted by Gasteiger charge is 2.30. The number of hydrazone groups is 1. The number of hydrogen-bond acceptors (Lipinski definition) is 5. The third kappa shape index (κ3) is 3.84. The SMILES string of the molecule is CCOC(=O)C1CCC/C1=N\NC(=O)c1ccc(OC)cc1. The van der Waals surface area contributed by atoms with Gasteiger partial charge in [0.2, 0.25) is 0 Å². The van der Waals surface area contributed by atoms with Crippen LogP contribution >= 0.6 is 0 Å². The molecule has 0 bridgehead atoms. The lowest BCUT2D eigenvalue weighted by Gasteiger charge is -2.10. The molecule has 22 heavy (non-hydrogen) atoms. The van der Waals surface area contributed by atoms with E-state index in [0.717, 1.165) is 12.8 Å². The van der Waals surface area contributed by atoms with Gasteiger partial charge < -0.3 is 9.47 Å². The number of rotatable bonds is 5. The lowest BCUT2D eigenvalue weighted by Crippen LogP contribution is -2.25. The first-order chi connectivity index (χ1) is 10.7. The van der Waals surface area contributed by atoms with Crippen LogP contribution in [0.4, 0.5) is 0 Å². The molecular formula is C16H20N2O4. The second-order valence-corrected chi connectivity index (χ2v) is 4.97. The lowest BCUT2D eigenvalue weighted by atomic mass is 10.1. The van der Waals surface area contributed by atoms with Crippen LogP contribution in [0.2, 0.25) is 0 Å². The smallest absolute Gasteiger partial charge is 0.314 e. The van der Waals surface area contributed by atoms with E-state index >= 15 is 0 Å². The molecular weight excluding hydrogens is 284 g/mol. The van der Waals surface area contributed by atoms with Crippen LogP contribution in [0.3, 0.4) is 0 Å². The second kappa shape index (κ2) is 7.59. The van der Waals surface area contributed by atoms with E-state index in [1.807, 2.05) is 0 Å². The number of benzene rings is 1. The van der Waals surface area contributed by atoms with E-state index in [-0.39, 0.29) is 17.8 Å². The molecule has 0 aliphatic heterocycles. The highest BCUT2D eigenvalue weighted by Crippen LogP contribution is 2.23. The standard InChI is InChI=1S/C16H20N2O4/c1-3-22-16(20)13-5-4-6-14(13)17-18-15(19)11-7-9-12(21-2)10-8-11/h7-10,13H,3-6H2,1-2H3,(H,18,19)/b17-14+. The summed E-state index contributed by atoms with van der Waals surface area (Å²) < 4.78 is 10.1. The maximum absolute atomic E-state index is 12.0. The number of nitrogens with one attached hydrogen (secondary N) is 1. The first-order valence-corrected chi connectivity index (χ1v) is 7.33. The number of esters is 1. The Hall–Kier alpha value is -2.37. The first-order valence-electron chi connectivity index (χ1n) is 7.33. The molecule has 0 heterocycles. The molecule has 1 atom stereocenters. The second-order valence-electron chi connectivity index (χ2n) is 4.97. The quantitative estimate of drug-likeness (QED) is 0.668. The topological polar surface area (TPSA) is 77.0 Å². The van der Waals surface area contributed by atoms with Gasteiger partial charge in [-0.3, -0.25) is 9.59 Å². The first kappa shape index (κ1) is 16.0. The molecule has 118 valence electrons. The van der Waals surface area contributed by atoms with Crippen molar-refractivity contribution in [2.75, 3.05) is 13.7 Å². The largest absolute Gasteiger partial charge is 0.497 e. The number of nitrogens with zero attached hydrogens (tertiary/aromatic N) is 1. The van der Waals surface area contributed by atoms with E-state index in [4.69, 9.17) is 9.47 Å². The molecule has 1 fully saturated rings. The number of hydrogen-bond donors (Lipinski definition) is 1. The zero-order valence-electron chi connectivity index (χ0n) is 12.8. The highest BCUT2D eigenvalue weighted by molar-refractivity contribution is 6.04. The van der Waals surface area contributed by atoms with Gasteiger partial charge >= 0.3 is 5.97 Å². The fourth-order valence-electron chi connectivity index (χ4n) is 2.39. The molecule has 1 amide bonds. The molecule has 1 saturated carbocycles. The van der Waals surface area contributed by atoms with Crippen molar-refractivity contribution in [3.8, 4) is 5.75 Å². The van der Waals surface area contributed by atoms with Gasteiger partial charge in [-0.2, -0.15) is 5.10 Å². The maximum atomic E-state index is 12.0. The average molecular weight is 304 g/mol. The van der Waals surface area contributed by atoms with Crippen LogP contribution in [0, 0.1) is 5.92 Å². The van der Waals surface area contributed by atoms with Crippen molar-refractivity contribution < 1.29 is 19.1 Å². The number of methoxy groups -OCH3 is 1. The summed E-state index contributed by atoms with van der Waals surface area (Å²) in [6.07, 6.45) is 2.29. The van der Waals surface area contributed by atoms with Gasteiger partial charge in [-0.15, -0.1) is 0 Å². The number of ether oxygens (including phenoxy) is 2. The minimum atomic E-state index is -0.337. The van der Waals surface area contributed by atoms with Crippen LogP contribution in [-0.4, -0.2) is 31.3 Å². The summed E-state index contributed by atoms with van der Waals surface area (Å²) in [6, 6.07) is 6.73. The van der Waals surface area contributed by atoms with Gasteiger partial charge in [0.05, 0.1) is 25.3 Å². The third-order valence-electron chi connectivity index (χ3n) is 3.55. The summed E-state index contributed by atoms with van der Waals surface area (Å²) in [5, 5.41) is 4.11. The minimum absolute atomic E-state index is 0.266. The van der Waals surface area contributed by atoms with E-state index in [2.05, 4.69) is 10.5 Å². The van der Waals surface area contributed by atoms with Gasteiger partial charge in [0.25, 0.3) is 5.91 Å². The summed E-state index contributed by atoms with van der Waals surface area (Å²) >= 11 is 0. The molecule has 1 aromatic carbocycles.